The number of rotatable bonds is 6. The molecule has 0 aromatic heterocycles. The third-order valence-electron chi connectivity index (χ3n) is 5.07. The van der Waals surface area contributed by atoms with E-state index in [1.54, 1.807) is 0 Å². The Kier molecular flexibility index (Phi) is 6.15. The van der Waals surface area contributed by atoms with Crippen molar-refractivity contribution in [2.75, 3.05) is 4.90 Å². The van der Waals surface area contributed by atoms with Crippen molar-refractivity contribution in [1.29, 1.82) is 0 Å². The van der Waals surface area contributed by atoms with E-state index in [0.29, 0.717) is 12.1 Å². The van der Waals surface area contributed by atoms with E-state index in [9.17, 15) is 9.59 Å². The van der Waals surface area contributed by atoms with E-state index >= 15 is 0 Å². The van der Waals surface area contributed by atoms with Crippen LogP contribution in [0.5, 0.6) is 0 Å². The SMILES string of the molecule is Cc1cccc(N2C(=O)SC(CC(=Cc3ccccc3)Cc3ccccc3)C2=O)c1. The van der Waals surface area contributed by atoms with Gasteiger partial charge in [0.2, 0.25) is 5.91 Å². The summed E-state index contributed by atoms with van der Waals surface area (Å²) in [5.74, 6) is -0.136. The summed E-state index contributed by atoms with van der Waals surface area (Å²) in [6.45, 7) is 1.96. The van der Waals surface area contributed by atoms with Gasteiger partial charge in [-0.3, -0.25) is 9.59 Å². The van der Waals surface area contributed by atoms with Crippen LogP contribution in [-0.2, 0) is 11.2 Å². The van der Waals surface area contributed by atoms with Crippen LogP contribution in [0.4, 0.5) is 10.5 Å². The summed E-state index contributed by atoms with van der Waals surface area (Å²) in [5, 5.41) is -0.606. The summed E-state index contributed by atoms with van der Waals surface area (Å²) in [4.78, 5) is 27.1. The van der Waals surface area contributed by atoms with Crippen molar-refractivity contribution in [2.24, 2.45) is 0 Å². The molecule has 1 aliphatic rings. The highest BCUT2D eigenvalue weighted by Gasteiger charge is 2.40. The number of hydrogen-bond donors (Lipinski definition) is 0. The Bertz CT molecular complexity index is 1080. The average molecular weight is 414 g/mol. The summed E-state index contributed by atoms with van der Waals surface area (Å²) < 4.78 is 0. The lowest BCUT2D eigenvalue weighted by molar-refractivity contribution is -0.117. The van der Waals surface area contributed by atoms with Gasteiger partial charge in [0.05, 0.1) is 10.9 Å². The second-order valence-corrected chi connectivity index (χ2v) is 8.62. The average Bonchev–Trinajstić information content (AvgIpc) is 3.02. The standard InChI is InChI=1S/C26H23NO2S/c1-19-9-8-14-23(15-19)27-25(28)24(30-26(27)29)18-22(16-20-10-4-2-5-11-20)17-21-12-6-3-7-13-21/h2-16,24H,17-18H2,1H3. The maximum atomic E-state index is 13.1. The molecule has 0 bridgehead atoms. The lowest BCUT2D eigenvalue weighted by Crippen LogP contribution is -2.31. The van der Waals surface area contributed by atoms with Crippen molar-refractivity contribution >= 4 is 34.7 Å². The number of imide groups is 1. The van der Waals surface area contributed by atoms with Gasteiger partial charge in [0.1, 0.15) is 0 Å². The summed E-state index contributed by atoms with van der Waals surface area (Å²) in [5.41, 5.74) is 5.10. The van der Waals surface area contributed by atoms with E-state index < -0.39 is 5.25 Å². The van der Waals surface area contributed by atoms with Gasteiger partial charge in [-0.25, -0.2) is 4.90 Å². The number of carbonyl (C=O) groups excluding carboxylic acids is 2. The van der Waals surface area contributed by atoms with Crippen LogP contribution in [0.2, 0.25) is 0 Å². The summed E-state index contributed by atoms with van der Waals surface area (Å²) in [7, 11) is 0. The Morgan fingerprint density at radius 3 is 2.33 bits per heavy atom. The van der Waals surface area contributed by atoms with E-state index in [1.807, 2.05) is 67.6 Å². The Hall–Kier alpha value is -3.11. The third kappa shape index (κ3) is 4.71. The van der Waals surface area contributed by atoms with Crippen LogP contribution in [-0.4, -0.2) is 16.4 Å². The fraction of sp³-hybridized carbons (Fsp3) is 0.154. The van der Waals surface area contributed by atoms with Crippen LogP contribution in [0.3, 0.4) is 0 Å². The first kappa shape index (κ1) is 20.2. The topological polar surface area (TPSA) is 37.4 Å². The minimum atomic E-state index is -0.406. The van der Waals surface area contributed by atoms with Gasteiger partial charge >= 0.3 is 0 Å². The molecule has 3 nitrogen and oxygen atoms in total. The molecule has 1 fully saturated rings. The first-order valence-electron chi connectivity index (χ1n) is 10.00. The number of nitrogens with zero attached hydrogens (tertiary/aromatic N) is 1. The summed E-state index contributed by atoms with van der Waals surface area (Å²) in [6.07, 6.45) is 3.43. The Labute approximate surface area is 181 Å². The number of benzene rings is 3. The largest absolute Gasteiger partial charge is 0.293 e. The second-order valence-electron chi connectivity index (χ2n) is 7.46. The Morgan fingerprint density at radius 1 is 0.933 bits per heavy atom. The van der Waals surface area contributed by atoms with Gasteiger partial charge in [0.15, 0.2) is 0 Å². The van der Waals surface area contributed by atoms with E-state index in [-0.39, 0.29) is 11.1 Å². The first-order valence-corrected chi connectivity index (χ1v) is 10.9. The monoisotopic (exact) mass is 413 g/mol. The van der Waals surface area contributed by atoms with Gasteiger partial charge in [-0.2, -0.15) is 0 Å². The molecule has 1 aliphatic heterocycles. The highest BCUT2D eigenvalue weighted by atomic mass is 32.2. The Morgan fingerprint density at radius 2 is 1.63 bits per heavy atom. The van der Waals surface area contributed by atoms with Crippen molar-refractivity contribution in [3.63, 3.8) is 0 Å². The van der Waals surface area contributed by atoms with Crippen LogP contribution >= 0.6 is 11.8 Å². The van der Waals surface area contributed by atoms with Crippen LogP contribution in [0.1, 0.15) is 23.1 Å². The van der Waals surface area contributed by atoms with Crippen molar-refractivity contribution in [1.82, 2.24) is 0 Å². The molecule has 0 radical (unpaired) electrons. The fourth-order valence-electron chi connectivity index (χ4n) is 3.65. The molecule has 0 saturated carbocycles. The molecular formula is C26H23NO2S. The normalized spacial score (nSPS) is 16.9. The minimum absolute atomic E-state index is 0.136. The van der Waals surface area contributed by atoms with Crippen LogP contribution < -0.4 is 4.90 Å². The van der Waals surface area contributed by atoms with Crippen LogP contribution in [0.15, 0.2) is 90.5 Å². The molecule has 3 aromatic rings. The van der Waals surface area contributed by atoms with Gasteiger partial charge < -0.3 is 0 Å². The van der Waals surface area contributed by atoms with Crippen molar-refractivity contribution in [2.45, 2.75) is 25.0 Å². The highest BCUT2D eigenvalue weighted by Crippen LogP contribution is 2.36. The maximum absolute atomic E-state index is 13.1. The van der Waals surface area contributed by atoms with E-state index in [4.69, 9.17) is 0 Å². The molecule has 4 rings (SSSR count). The smallest absolute Gasteiger partial charge is 0.273 e. The van der Waals surface area contributed by atoms with Gasteiger partial charge in [-0.15, -0.1) is 0 Å². The maximum Gasteiger partial charge on any atom is 0.293 e. The van der Waals surface area contributed by atoms with Crippen LogP contribution in [0, 0.1) is 6.92 Å². The molecule has 1 atom stereocenters. The second kappa shape index (κ2) is 9.14. The molecule has 3 aromatic carbocycles. The molecule has 150 valence electrons. The molecule has 1 heterocycles. The van der Waals surface area contributed by atoms with E-state index in [1.165, 1.54) is 10.5 Å². The predicted molar refractivity (Wildman–Crippen MR) is 125 cm³/mol. The van der Waals surface area contributed by atoms with Crippen molar-refractivity contribution in [3.05, 3.63) is 107 Å². The first-order chi connectivity index (χ1) is 14.6. The zero-order chi connectivity index (χ0) is 20.9. The number of aryl methyl sites for hydroxylation is 1. The Balaban J connectivity index is 1.59. The van der Waals surface area contributed by atoms with Gasteiger partial charge in [0, 0.05) is 0 Å². The minimum Gasteiger partial charge on any atom is -0.273 e. The zero-order valence-electron chi connectivity index (χ0n) is 16.8. The number of thioether (sulfide) groups is 1. The number of amides is 2. The fourth-order valence-corrected chi connectivity index (χ4v) is 4.70. The van der Waals surface area contributed by atoms with Crippen LogP contribution in [0.25, 0.3) is 6.08 Å². The number of hydrogen-bond acceptors (Lipinski definition) is 3. The molecule has 0 aliphatic carbocycles. The molecule has 4 heteroatoms. The van der Waals surface area contributed by atoms with E-state index in [2.05, 4.69) is 30.3 Å². The number of carbonyl (C=O) groups is 2. The zero-order valence-corrected chi connectivity index (χ0v) is 17.6. The summed E-state index contributed by atoms with van der Waals surface area (Å²) in [6, 6.07) is 27.9. The van der Waals surface area contributed by atoms with Gasteiger partial charge in [-0.1, -0.05) is 96.2 Å². The lowest BCUT2D eigenvalue weighted by Gasteiger charge is -2.15. The van der Waals surface area contributed by atoms with Gasteiger partial charge in [0.25, 0.3) is 5.24 Å². The predicted octanol–water partition coefficient (Wildman–Crippen LogP) is 6.28. The number of allylic oxidation sites excluding steroid dienone is 1. The molecule has 1 unspecified atom stereocenters. The quantitative estimate of drug-likeness (QED) is 0.477. The van der Waals surface area contributed by atoms with Crippen molar-refractivity contribution < 1.29 is 9.59 Å². The highest BCUT2D eigenvalue weighted by molar-refractivity contribution is 8.15. The molecular weight excluding hydrogens is 390 g/mol. The molecule has 30 heavy (non-hydrogen) atoms. The third-order valence-corrected chi connectivity index (χ3v) is 6.11. The molecule has 1 saturated heterocycles. The lowest BCUT2D eigenvalue weighted by atomic mass is 9.98. The number of anilines is 1. The molecule has 0 spiro atoms. The molecule has 0 N–H and O–H groups in total. The molecule has 2 amide bonds. The van der Waals surface area contributed by atoms with E-state index in [0.717, 1.165) is 34.9 Å². The van der Waals surface area contributed by atoms with Crippen molar-refractivity contribution in [3.8, 4) is 0 Å². The van der Waals surface area contributed by atoms with Gasteiger partial charge in [-0.05, 0) is 48.6 Å². The summed E-state index contributed by atoms with van der Waals surface area (Å²) >= 11 is 1.13.